The predicted molar refractivity (Wildman–Crippen MR) is 87.7 cm³/mol. The van der Waals surface area contributed by atoms with Crippen LogP contribution >= 0.6 is 15.9 Å². The molecule has 0 unspecified atom stereocenters. The molecule has 1 amide bonds. The largest absolute Gasteiger partial charge is 0.467 e. The second kappa shape index (κ2) is 7.74. The fourth-order valence-electron chi connectivity index (χ4n) is 1.95. The molecule has 1 aromatic carbocycles. The second-order valence-corrected chi connectivity index (χ2v) is 6.83. The van der Waals surface area contributed by atoms with Crippen LogP contribution in [0.25, 0.3) is 0 Å². The average Bonchev–Trinajstić information content (AvgIpc) is 2.42. The van der Waals surface area contributed by atoms with E-state index in [0.29, 0.717) is 5.56 Å². The fraction of sp³-hybridized carbons (Fsp3) is 0.500. The van der Waals surface area contributed by atoms with Crippen molar-refractivity contribution in [3.63, 3.8) is 0 Å². The Hall–Kier alpha value is -1.40. The van der Waals surface area contributed by atoms with E-state index in [2.05, 4.69) is 21.2 Å². The van der Waals surface area contributed by atoms with E-state index in [1.54, 1.807) is 31.2 Å². The van der Waals surface area contributed by atoms with Crippen LogP contribution in [0.4, 0.5) is 0 Å². The maximum atomic E-state index is 12.3. The molecule has 0 aliphatic rings. The Bertz CT molecular complexity index is 522. The molecule has 0 fully saturated rings. The molecule has 0 radical (unpaired) electrons. The van der Waals surface area contributed by atoms with Gasteiger partial charge in [-0.1, -0.05) is 15.9 Å². The van der Waals surface area contributed by atoms with Gasteiger partial charge in [-0.05, 0) is 52.0 Å². The van der Waals surface area contributed by atoms with Gasteiger partial charge in [0.15, 0.2) is 6.04 Å². The van der Waals surface area contributed by atoms with Gasteiger partial charge in [0, 0.05) is 10.0 Å². The highest BCUT2D eigenvalue weighted by Gasteiger charge is 2.31. The normalized spacial score (nSPS) is 14.1. The van der Waals surface area contributed by atoms with Gasteiger partial charge in [0.05, 0.1) is 18.8 Å². The van der Waals surface area contributed by atoms with Crippen LogP contribution in [-0.4, -0.2) is 36.7 Å². The van der Waals surface area contributed by atoms with E-state index in [4.69, 9.17) is 9.47 Å². The zero-order valence-electron chi connectivity index (χ0n) is 13.5. The highest BCUT2D eigenvalue weighted by molar-refractivity contribution is 9.10. The molecule has 6 heteroatoms. The molecule has 0 spiro atoms. The molecule has 22 heavy (non-hydrogen) atoms. The zero-order chi connectivity index (χ0) is 16.9. The van der Waals surface area contributed by atoms with Crippen LogP contribution in [0, 0.1) is 0 Å². The zero-order valence-corrected chi connectivity index (χ0v) is 15.1. The molecular formula is C16H22BrNO4. The van der Waals surface area contributed by atoms with E-state index in [9.17, 15) is 9.59 Å². The number of ether oxygens (including phenoxy) is 2. The topological polar surface area (TPSA) is 64.6 Å². The van der Waals surface area contributed by atoms with E-state index in [0.717, 1.165) is 4.47 Å². The maximum Gasteiger partial charge on any atom is 0.331 e. The first-order valence-corrected chi connectivity index (χ1v) is 7.75. The lowest BCUT2D eigenvalue weighted by atomic mass is 10.1. The third kappa shape index (κ3) is 5.77. The van der Waals surface area contributed by atoms with E-state index < -0.39 is 23.7 Å². The van der Waals surface area contributed by atoms with Crippen LogP contribution in [0.2, 0.25) is 0 Å². The van der Waals surface area contributed by atoms with Crippen LogP contribution in [0.15, 0.2) is 28.7 Å². The number of methoxy groups -OCH3 is 1. The van der Waals surface area contributed by atoms with E-state index >= 15 is 0 Å². The molecule has 1 aromatic rings. The molecule has 1 N–H and O–H groups in total. The van der Waals surface area contributed by atoms with Crippen molar-refractivity contribution in [2.24, 2.45) is 0 Å². The molecule has 122 valence electrons. The lowest BCUT2D eigenvalue weighted by Gasteiger charge is -2.30. The first-order chi connectivity index (χ1) is 10.1. The second-order valence-electron chi connectivity index (χ2n) is 5.92. The number of esters is 1. The van der Waals surface area contributed by atoms with Gasteiger partial charge in [-0.2, -0.15) is 0 Å². The highest BCUT2D eigenvalue weighted by atomic mass is 79.9. The van der Waals surface area contributed by atoms with Gasteiger partial charge in [0.1, 0.15) is 0 Å². The first-order valence-electron chi connectivity index (χ1n) is 6.96. The Kier molecular flexibility index (Phi) is 6.56. The van der Waals surface area contributed by atoms with Crippen molar-refractivity contribution in [1.82, 2.24) is 5.32 Å². The molecule has 2 atom stereocenters. The lowest BCUT2D eigenvalue weighted by molar-refractivity contribution is -0.150. The minimum absolute atomic E-state index is 0.354. The van der Waals surface area contributed by atoms with E-state index in [-0.39, 0.29) is 5.91 Å². The van der Waals surface area contributed by atoms with Gasteiger partial charge in [-0.3, -0.25) is 4.79 Å². The molecule has 0 bridgehead atoms. The number of rotatable bonds is 5. The van der Waals surface area contributed by atoms with Crippen LogP contribution in [-0.2, 0) is 14.3 Å². The van der Waals surface area contributed by atoms with Crippen molar-refractivity contribution in [2.75, 3.05) is 7.11 Å². The van der Waals surface area contributed by atoms with Crippen molar-refractivity contribution in [3.05, 3.63) is 34.3 Å². The summed E-state index contributed by atoms with van der Waals surface area (Å²) in [6, 6.07) is 5.99. The number of hydrogen-bond donors (Lipinski definition) is 1. The minimum atomic E-state index is -0.875. The van der Waals surface area contributed by atoms with Crippen LogP contribution in [0.5, 0.6) is 0 Å². The summed E-state index contributed by atoms with van der Waals surface area (Å²) in [6.45, 7) is 7.38. The molecule has 0 saturated heterocycles. The standard InChI is InChI=1S/C16H22BrNO4/c1-10(22-16(2,3)4)13(15(20)21-5)18-14(19)11-6-8-12(17)9-7-11/h6-10,13H,1-5H3,(H,18,19)/t10-,13+/m1/s1. The average molecular weight is 372 g/mol. The summed E-state index contributed by atoms with van der Waals surface area (Å²) in [4.78, 5) is 24.2. The fourth-order valence-corrected chi connectivity index (χ4v) is 2.21. The molecule has 0 aliphatic carbocycles. The minimum Gasteiger partial charge on any atom is -0.467 e. The first kappa shape index (κ1) is 18.6. The van der Waals surface area contributed by atoms with Gasteiger partial charge < -0.3 is 14.8 Å². The lowest BCUT2D eigenvalue weighted by Crippen LogP contribution is -2.50. The number of carbonyl (C=O) groups excluding carboxylic acids is 2. The smallest absolute Gasteiger partial charge is 0.331 e. The van der Waals surface area contributed by atoms with Gasteiger partial charge in [-0.25, -0.2) is 4.79 Å². The summed E-state index contributed by atoms with van der Waals surface area (Å²) >= 11 is 3.31. The Labute approximate surface area is 139 Å². The number of halogens is 1. The third-order valence-corrected chi connectivity index (χ3v) is 3.39. The molecule has 0 aromatic heterocycles. The Balaban J connectivity index is 2.87. The summed E-state index contributed by atoms with van der Waals surface area (Å²) in [7, 11) is 1.28. The quantitative estimate of drug-likeness (QED) is 0.808. The van der Waals surface area contributed by atoms with Crippen molar-refractivity contribution in [3.8, 4) is 0 Å². The number of hydrogen-bond acceptors (Lipinski definition) is 4. The summed E-state index contributed by atoms with van der Waals surface area (Å²) in [5.74, 6) is -0.894. The highest BCUT2D eigenvalue weighted by Crippen LogP contribution is 2.15. The van der Waals surface area contributed by atoms with E-state index in [1.165, 1.54) is 7.11 Å². The van der Waals surface area contributed by atoms with Gasteiger partial charge in [0.2, 0.25) is 0 Å². The molecule has 0 saturated carbocycles. The Morgan fingerprint density at radius 2 is 1.73 bits per heavy atom. The molecular weight excluding hydrogens is 350 g/mol. The van der Waals surface area contributed by atoms with Gasteiger partial charge >= 0.3 is 5.97 Å². The molecule has 0 heterocycles. The van der Waals surface area contributed by atoms with Crippen LogP contribution in [0.1, 0.15) is 38.1 Å². The number of nitrogens with one attached hydrogen (secondary N) is 1. The van der Waals surface area contributed by atoms with Gasteiger partial charge in [-0.15, -0.1) is 0 Å². The van der Waals surface area contributed by atoms with Crippen molar-refractivity contribution >= 4 is 27.8 Å². The summed E-state index contributed by atoms with van der Waals surface area (Å²) in [6.07, 6.45) is -0.521. The van der Waals surface area contributed by atoms with Crippen molar-refractivity contribution in [1.29, 1.82) is 0 Å². The van der Waals surface area contributed by atoms with Crippen molar-refractivity contribution < 1.29 is 19.1 Å². The van der Waals surface area contributed by atoms with Crippen LogP contribution < -0.4 is 5.32 Å². The summed E-state index contributed by atoms with van der Waals surface area (Å²) < 4.78 is 11.4. The molecule has 5 nitrogen and oxygen atoms in total. The third-order valence-electron chi connectivity index (χ3n) is 2.86. The number of benzene rings is 1. The summed E-state index contributed by atoms with van der Waals surface area (Å²) in [5.41, 5.74) is 0.0219. The monoisotopic (exact) mass is 371 g/mol. The predicted octanol–water partition coefficient (Wildman–Crippen LogP) is 2.92. The Morgan fingerprint density at radius 3 is 2.18 bits per heavy atom. The molecule has 0 aliphatic heterocycles. The summed E-state index contributed by atoms with van der Waals surface area (Å²) in [5, 5.41) is 2.67. The number of carbonyl (C=O) groups is 2. The maximum absolute atomic E-state index is 12.3. The Morgan fingerprint density at radius 1 is 1.18 bits per heavy atom. The van der Waals surface area contributed by atoms with Crippen LogP contribution in [0.3, 0.4) is 0 Å². The SMILES string of the molecule is COC(=O)[C@@H](NC(=O)c1ccc(Br)cc1)[C@@H](C)OC(C)(C)C. The molecule has 1 rings (SSSR count). The number of amides is 1. The van der Waals surface area contributed by atoms with E-state index in [1.807, 2.05) is 20.8 Å². The van der Waals surface area contributed by atoms with Gasteiger partial charge in [0.25, 0.3) is 5.91 Å². The van der Waals surface area contributed by atoms with Crippen molar-refractivity contribution in [2.45, 2.75) is 45.4 Å².